The fourth-order valence-corrected chi connectivity index (χ4v) is 3.02. The molecule has 1 aromatic carbocycles. The molecule has 4 nitrogen and oxygen atoms in total. The molecule has 0 aromatic heterocycles. The van der Waals surface area contributed by atoms with E-state index in [0.717, 1.165) is 12.0 Å². The lowest BCUT2D eigenvalue weighted by Gasteiger charge is -2.25. The minimum atomic E-state index is -1.72. The quantitative estimate of drug-likeness (QED) is 0.410. The van der Waals surface area contributed by atoms with Crippen LogP contribution in [0.3, 0.4) is 0 Å². The average molecular weight is 424 g/mol. The van der Waals surface area contributed by atoms with Gasteiger partial charge in [0.25, 0.3) is 0 Å². The zero-order chi connectivity index (χ0) is 19.7. The molecule has 0 bridgehead atoms. The number of alkyl halides is 3. The third kappa shape index (κ3) is 9.11. The van der Waals surface area contributed by atoms with E-state index in [-0.39, 0.29) is 5.92 Å². The van der Waals surface area contributed by atoms with Gasteiger partial charge in [-0.1, -0.05) is 79.0 Å². The Morgan fingerprint density at radius 3 is 2.23 bits per heavy atom. The van der Waals surface area contributed by atoms with Crippen molar-refractivity contribution < 1.29 is 19.4 Å². The first-order chi connectivity index (χ1) is 12.1. The van der Waals surface area contributed by atoms with Crippen molar-refractivity contribution in [1.82, 2.24) is 0 Å². The molecule has 7 heteroatoms. The Hall–Kier alpha value is -0.970. The smallest absolute Gasteiger partial charge is 0.309 e. The van der Waals surface area contributed by atoms with Gasteiger partial charge in [0, 0.05) is 0 Å². The fraction of sp³-hybridized carbons (Fsp3) is 0.579. The normalized spacial score (nSPS) is 14.1. The van der Waals surface area contributed by atoms with Crippen LogP contribution in [0.15, 0.2) is 30.3 Å². The van der Waals surface area contributed by atoms with E-state index < -0.39 is 34.2 Å². The monoisotopic (exact) mass is 422 g/mol. The number of rotatable bonds is 10. The molecule has 0 aliphatic rings. The molecule has 2 atom stereocenters. The van der Waals surface area contributed by atoms with Crippen LogP contribution in [0.2, 0.25) is 0 Å². The van der Waals surface area contributed by atoms with E-state index in [4.69, 9.17) is 39.5 Å². The number of aryl methyl sites for hydroxylation is 1. The number of hydrogen-bond donors (Lipinski definition) is 1. The maximum atomic E-state index is 12.4. The van der Waals surface area contributed by atoms with Gasteiger partial charge in [-0.15, -0.1) is 0 Å². The van der Waals surface area contributed by atoms with Crippen molar-refractivity contribution in [2.75, 3.05) is 6.61 Å². The Kier molecular flexibility index (Phi) is 9.77. The van der Waals surface area contributed by atoms with Crippen LogP contribution in [-0.4, -0.2) is 27.4 Å². The van der Waals surface area contributed by atoms with Crippen LogP contribution in [0, 0.1) is 17.8 Å². The van der Waals surface area contributed by atoms with Crippen molar-refractivity contribution in [3.8, 4) is 0 Å². The van der Waals surface area contributed by atoms with Gasteiger partial charge < -0.3 is 9.84 Å². The summed E-state index contributed by atoms with van der Waals surface area (Å²) >= 11 is 16.9. The molecule has 26 heavy (non-hydrogen) atoms. The molecule has 1 rings (SSSR count). The molecule has 0 fully saturated rings. The summed E-state index contributed by atoms with van der Waals surface area (Å²) in [5.74, 6) is -3.09. The summed E-state index contributed by atoms with van der Waals surface area (Å²) in [6, 6.07) is 9.81. The van der Waals surface area contributed by atoms with Gasteiger partial charge in [-0.3, -0.25) is 9.59 Å². The summed E-state index contributed by atoms with van der Waals surface area (Å²) in [7, 11) is 0. The maximum absolute atomic E-state index is 12.4. The van der Waals surface area contributed by atoms with Gasteiger partial charge in [-0.2, -0.15) is 0 Å². The second kappa shape index (κ2) is 11.0. The van der Waals surface area contributed by atoms with Crippen LogP contribution >= 0.6 is 34.8 Å². The summed E-state index contributed by atoms with van der Waals surface area (Å²) in [5.41, 5.74) is 1.14. The number of carboxylic acids is 1. The standard InChI is InChI=1S/C19H25Cl3O4/c1-13(2)11-16(18(25)26-12-19(20,21)22)15(17(23)24)10-6-9-14-7-4-3-5-8-14/h3-5,7-8,13,15-16H,6,9-12H2,1-2H3,(H,23,24)/t15?,16-/m1/s1. The van der Waals surface area contributed by atoms with E-state index in [1.54, 1.807) is 0 Å². The maximum Gasteiger partial charge on any atom is 0.309 e. The number of ether oxygens (including phenoxy) is 1. The molecule has 0 aliphatic heterocycles. The molecule has 0 spiro atoms. The summed E-state index contributed by atoms with van der Waals surface area (Å²) in [5, 5.41) is 9.64. The van der Waals surface area contributed by atoms with Crippen molar-refractivity contribution in [2.45, 2.75) is 43.3 Å². The highest BCUT2D eigenvalue weighted by Gasteiger charge is 2.36. The highest BCUT2D eigenvalue weighted by molar-refractivity contribution is 6.67. The lowest BCUT2D eigenvalue weighted by Crippen LogP contribution is -2.34. The Labute approximate surface area is 169 Å². The number of carbonyl (C=O) groups excluding carboxylic acids is 1. The second-order valence-electron chi connectivity index (χ2n) is 6.78. The number of benzene rings is 1. The predicted octanol–water partition coefficient (Wildman–Crippen LogP) is 5.29. The Balaban J connectivity index is 2.76. The van der Waals surface area contributed by atoms with Crippen molar-refractivity contribution in [3.63, 3.8) is 0 Å². The molecule has 1 unspecified atom stereocenters. The van der Waals surface area contributed by atoms with Gasteiger partial charge in [0.05, 0.1) is 11.8 Å². The lowest BCUT2D eigenvalue weighted by molar-refractivity contribution is -0.158. The molecule has 0 saturated heterocycles. The zero-order valence-electron chi connectivity index (χ0n) is 15.0. The molecule has 146 valence electrons. The summed E-state index contributed by atoms with van der Waals surface area (Å²) in [4.78, 5) is 24.2. The van der Waals surface area contributed by atoms with Crippen LogP contribution in [0.25, 0.3) is 0 Å². The van der Waals surface area contributed by atoms with Crippen LogP contribution < -0.4 is 0 Å². The Morgan fingerprint density at radius 2 is 1.73 bits per heavy atom. The molecule has 0 amide bonds. The minimum absolute atomic E-state index is 0.135. The highest BCUT2D eigenvalue weighted by atomic mass is 35.6. The fourth-order valence-electron chi connectivity index (χ4n) is 2.86. The number of esters is 1. The molecule has 1 N–H and O–H groups in total. The Morgan fingerprint density at radius 1 is 1.12 bits per heavy atom. The molecular formula is C19H25Cl3O4. The molecule has 0 aliphatic carbocycles. The SMILES string of the molecule is CC(C)C[C@@H](C(=O)OCC(Cl)(Cl)Cl)C(CCCc1ccccc1)C(=O)O. The molecular weight excluding hydrogens is 399 g/mol. The topological polar surface area (TPSA) is 63.6 Å². The molecule has 0 saturated carbocycles. The van der Waals surface area contributed by atoms with E-state index in [0.29, 0.717) is 19.3 Å². The largest absolute Gasteiger partial charge is 0.481 e. The summed E-state index contributed by atoms with van der Waals surface area (Å²) < 4.78 is 3.35. The lowest BCUT2D eigenvalue weighted by atomic mass is 9.82. The van der Waals surface area contributed by atoms with Gasteiger partial charge in [-0.05, 0) is 37.2 Å². The molecule has 0 radical (unpaired) electrons. The third-order valence-electron chi connectivity index (χ3n) is 4.03. The van der Waals surface area contributed by atoms with Crippen molar-refractivity contribution in [1.29, 1.82) is 0 Å². The Bertz CT molecular complexity index is 570. The highest BCUT2D eigenvalue weighted by Crippen LogP contribution is 2.30. The van der Waals surface area contributed by atoms with Crippen LogP contribution in [0.5, 0.6) is 0 Å². The molecule has 0 heterocycles. The number of carboxylic acid groups (broad SMARTS) is 1. The van der Waals surface area contributed by atoms with E-state index >= 15 is 0 Å². The average Bonchev–Trinajstić information content (AvgIpc) is 2.54. The first-order valence-corrected chi connectivity index (χ1v) is 9.73. The van der Waals surface area contributed by atoms with Gasteiger partial charge in [0.15, 0.2) is 0 Å². The van der Waals surface area contributed by atoms with Gasteiger partial charge in [0.1, 0.15) is 6.61 Å². The predicted molar refractivity (Wildman–Crippen MR) is 105 cm³/mol. The van der Waals surface area contributed by atoms with Crippen molar-refractivity contribution in [2.24, 2.45) is 17.8 Å². The van der Waals surface area contributed by atoms with Gasteiger partial charge in [0.2, 0.25) is 3.79 Å². The number of carbonyl (C=O) groups is 2. The molecule has 1 aromatic rings. The van der Waals surface area contributed by atoms with Crippen LogP contribution in [-0.2, 0) is 20.7 Å². The second-order valence-corrected chi connectivity index (χ2v) is 9.30. The van der Waals surface area contributed by atoms with Crippen LogP contribution in [0.4, 0.5) is 0 Å². The van der Waals surface area contributed by atoms with Gasteiger partial charge >= 0.3 is 11.9 Å². The summed E-state index contributed by atoms with van der Waals surface area (Å²) in [6.45, 7) is 3.46. The third-order valence-corrected chi connectivity index (χ3v) is 4.36. The first-order valence-electron chi connectivity index (χ1n) is 8.60. The summed E-state index contributed by atoms with van der Waals surface area (Å²) in [6.07, 6.45) is 2.20. The van der Waals surface area contributed by atoms with E-state index in [1.165, 1.54) is 0 Å². The van der Waals surface area contributed by atoms with Gasteiger partial charge in [-0.25, -0.2) is 0 Å². The minimum Gasteiger partial charge on any atom is -0.481 e. The van der Waals surface area contributed by atoms with Crippen LogP contribution in [0.1, 0.15) is 38.7 Å². The number of halogens is 3. The van der Waals surface area contributed by atoms with Crippen molar-refractivity contribution >= 4 is 46.7 Å². The number of hydrogen-bond acceptors (Lipinski definition) is 3. The van der Waals surface area contributed by atoms with Crippen molar-refractivity contribution in [3.05, 3.63) is 35.9 Å². The first kappa shape index (κ1) is 23.1. The van der Waals surface area contributed by atoms with E-state index in [9.17, 15) is 14.7 Å². The number of aliphatic carboxylic acids is 1. The van der Waals surface area contributed by atoms with E-state index in [1.807, 2.05) is 44.2 Å². The zero-order valence-corrected chi connectivity index (χ0v) is 17.2. The van der Waals surface area contributed by atoms with E-state index in [2.05, 4.69) is 0 Å².